The van der Waals surface area contributed by atoms with Crippen LogP contribution in [-0.2, 0) is 0 Å². The van der Waals surface area contributed by atoms with Gasteiger partial charge in [-0.05, 0) is 23.6 Å². The average molecular weight is 343 g/mol. The smallest absolute Gasteiger partial charge is 0.132 e. The molecule has 120 valence electrons. The minimum atomic E-state index is -0.203. The van der Waals surface area contributed by atoms with Gasteiger partial charge in [-0.25, -0.2) is 4.39 Å². The van der Waals surface area contributed by atoms with Gasteiger partial charge in [0.2, 0.25) is 0 Å². The normalized spacial score (nSPS) is 16.8. The first-order chi connectivity index (χ1) is 10.3. The minimum absolute atomic E-state index is 0. The highest BCUT2D eigenvalue weighted by Gasteiger charge is 2.29. The molecule has 1 fully saturated rings. The quantitative estimate of drug-likeness (QED) is 0.922. The van der Waals surface area contributed by atoms with E-state index in [0.29, 0.717) is 11.3 Å². The van der Waals surface area contributed by atoms with Gasteiger partial charge in [-0.2, -0.15) is 0 Å². The van der Waals surface area contributed by atoms with Gasteiger partial charge < -0.3 is 10.1 Å². The summed E-state index contributed by atoms with van der Waals surface area (Å²) >= 11 is 1.66. The molecule has 2 heterocycles. The Morgan fingerprint density at radius 3 is 2.64 bits per heavy atom. The number of nitrogens with zero attached hydrogens (tertiary/aromatic N) is 1. The summed E-state index contributed by atoms with van der Waals surface area (Å²) in [4.78, 5) is 3.48. The lowest BCUT2D eigenvalue weighted by Gasteiger charge is -2.35. The molecule has 1 aliphatic rings. The zero-order valence-electron chi connectivity index (χ0n) is 12.4. The Labute approximate surface area is 140 Å². The molecule has 0 aliphatic carbocycles. The Kier molecular flexibility index (Phi) is 6.20. The molecule has 1 atom stereocenters. The highest BCUT2D eigenvalue weighted by molar-refractivity contribution is 7.10. The largest absolute Gasteiger partial charge is 0.496 e. The van der Waals surface area contributed by atoms with E-state index in [1.54, 1.807) is 24.5 Å². The van der Waals surface area contributed by atoms with Crippen molar-refractivity contribution in [1.29, 1.82) is 0 Å². The lowest BCUT2D eigenvalue weighted by Crippen LogP contribution is -2.45. The topological polar surface area (TPSA) is 24.5 Å². The van der Waals surface area contributed by atoms with Crippen LogP contribution in [0.25, 0.3) is 0 Å². The van der Waals surface area contributed by atoms with E-state index >= 15 is 0 Å². The maximum atomic E-state index is 14.5. The molecule has 3 nitrogen and oxygen atoms in total. The number of hydrogen-bond acceptors (Lipinski definition) is 4. The molecule has 1 aliphatic heterocycles. The van der Waals surface area contributed by atoms with Gasteiger partial charge in [-0.3, -0.25) is 4.90 Å². The molecule has 1 saturated heterocycles. The van der Waals surface area contributed by atoms with E-state index in [0.717, 1.165) is 31.1 Å². The first-order valence-corrected chi connectivity index (χ1v) is 8.00. The van der Waals surface area contributed by atoms with Crippen LogP contribution in [0.2, 0.25) is 0 Å². The number of nitrogens with one attached hydrogen (secondary N) is 1. The second kappa shape index (κ2) is 7.92. The molecule has 0 unspecified atom stereocenters. The third kappa shape index (κ3) is 3.43. The lowest BCUT2D eigenvalue weighted by atomic mass is 10.0. The van der Waals surface area contributed by atoms with Crippen molar-refractivity contribution in [2.24, 2.45) is 0 Å². The zero-order valence-corrected chi connectivity index (χ0v) is 14.1. The standard InChI is InChI=1S/C16H19FN2OS.ClH/c1-20-13-5-2-4-12(17)15(13)16(14-6-3-11-21-14)19-9-7-18-8-10-19;/h2-6,11,16,18H,7-10H2,1H3;1H/t16-;/m0./s1. The Balaban J connectivity index is 0.00000176. The number of benzene rings is 1. The summed E-state index contributed by atoms with van der Waals surface area (Å²) in [6, 6.07) is 9.05. The minimum Gasteiger partial charge on any atom is -0.496 e. The molecule has 1 N–H and O–H groups in total. The summed E-state index contributed by atoms with van der Waals surface area (Å²) in [5.41, 5.74) is 0.643. The molecule has 0 bridgehead atoms. The van der Waals surface area contributed by atoms with Gasteiger partial charge in [0.25, 0.3) is 0 Å². The second-order valence-electron chi connectivity index (χ2n) is 5.06. The lowest BCUT2D eigenvalue weighted by molar-refractivity contribution is 0.194. The fourth-order valence-corrected chi connectivity index (χ4v) is 3.72. The Morgan fingerprint density at radius 2 is 2.00 bits per heavy atom. The number of rotatable bonds is 4. The molecule has 2 aromatic rings. The van der Waals surface area contributed by atoms with Crippen molar-refractivity contribution in [3.05, 3.63) is 52.0 Å². The van der Waals surface area contributed by atoms with Crippen molar-refractivity contribution in [3.8, 4) is 5.75 Å². The maximum Gasteiger partial charge on any atom is 0.132 e. The Morgan fingerprint density at radius 1 is 1.23 bits per heavy atom. The van der Waals surface area contributed by atoms with Gasteiger partial charge >= 0.3 is 0 Å². The summed E-state index contributed by atoms with van der Waals surface area (Å²) in [5, 5.41) is 5.39. The molecular weight excluding hydrogens is 323 g/mol. The zero-order chi connectivity index (χ0) is 14.7. The van der Waals surface area contributed by atoms with Crippen molar-refractivity contribution in [1.82, 2.24) is 10.2 Å². The molecule has 6 heteroatoms. The monoisotopic (exact) mass is 342 g/mol. The van der Waals surface area contributed by atoms with E-state index in [4.69, 9.17) is 4.74 Å². The average Bonchev–Trinajstić information content (AvgIpc) is 3.04. The predicted molar refractivity (Wildman–Crippen MR) is 90.8 cm³/mol. The van der Waals surface area contributed by atoms with Crippen LogP contribution in [0.3, 0.4) is 0 Å². The van der Waals surface area contributed by atoms with Crippen LogP contribution in [0.15, 0.2) is 35.7 Å². The van der Waals surface area contributed by atoms with Gasteiger partial charge in [0.05, 0.1) is 18.7 Å². The van der Waals surface area contributed by atoms with E-state index < -0.39 is 0 Å². The summed E-state index contributed by atoms with van der Waals surface area (Å²) < 4.78 is 19.9. The van der Waals surface area contributed by atoms with Crippen LogP contribution in [0.5, 0.6) is 5.75 Å². The van der Waals surface area contributed by atoms with Crippen molar-refractivity contribution in [2.45, 2.75) is 6.04 Å². The molecule has 0 saturated carbocycles. The van der Waals surface area contributed by atoms with Gasteiger partial charge in [0.1, 0.15) is 11.6 Å². The fraction of sp³-hybridized carbons (Fsp3) is 0.375. The molecule has 3 rings (SSSR count). The summed E-state index contributed by atoms with van der Waals surface area (Å²) in [6.45, 7) is 3.66. The van der Waals surface area contributed by atoms with E-state index in [2.05, 4.69) is 16.3 Å². The number of halogens is 2. The molecule has 1 aromatic heterocycles. The highest BCUT2D eigenvalue weighted by Crippen LogP contribution is 2.38. The van der Waals surface area contributed by atoms with Crippen LogP contribution in [0.4, 0.5) is 4.39 Å². The summed E-state index contributed by atoms with van der Waals surface area (Å²) in [6.07, 6.45) is 0. The van der Waals surface area contributed by atoms with Crippen molar-refractivity contribution in [3.63, 3.8) is 0 Å². The Hall–Kier alpha value is -1.14. The van der Waals surface area contributed by atoms with E-state index in [9.17, 15) is 4.39 Å². The summed E-state index contributed by atoms with van der Waals surface area (Å²) in [7, 11) is 1.60. The molecule has 1 aromatic carbocycles. The first-order valence-electron chi connectivity index (χ1n) is 7.12. The fourth-order valence-electron chi connectivity index (χ4n) is 2.85. The third-order valence-corrected chi connectivity index (χ3v) is 4.76. The van der Waals surface area contributed by atoms with Crippen LogP contribution in [0, 0.1) is 5.82 Å². The van der Waals surface area contributed by atoms with E-state index in [1.807, 2.05) is 17.5 Å². The SMILES string of the molecule is COc1cccc(F)c1[C@H](c1cccs1)N1CCNCC1.Cl. The summed E-state index contributed by atoms with van der Waals surface area (Å²) in [5.74, 6) is 0.415. The van der Waals surface area contributed by atoms with Crippen molar-refractivity contribution >= 4 is 23.7 Å². The molecule has 0 radical (unpaired) electrons. The number of piperazine rings is 1. The maximum absolute atomic E-state index is 14.5. The van der Waals surface area contributed by atoms with Crippen LogP contribution in [-0.4, -0.2) is 38.2 Å². The molecular formula is C16H20ClFN2OS. The second-order valence-corrected chi connectivity index (χ2v) is 6.04. The number of ether oxygens (including phenoxy) is 1. The van der Waals surface area contributed by atoms with Crippen molar-refractivity contribution in [2.75, 3.05) is 33.3 Å². The number of methoxy groups -OCH3 is 1. The van der Waals surface area contributed by atoms with E-state index in [1.165, 1.54) is 6.07 Å². The third-order valence-electron chi connectivity index (χ3n) is 3.84. The first kappa shape index (κ1) is 17.2. The van der Waals surface area contributed by atoms with Crippen LogP contribution >= 0.6 is 23.7 Å². The van der Waals surface area contributed by atoms with Crippen LogP contribution < -0.4 is 10.1 Å². The van der Waals surface area contributed by atoms with Crippen LogP contribution in [0.1, 0.15) is 16.5 Å². The van der Waals surface area contributed by atoms with Gasteiger partial charge in [-0.15, -0.1) is 23.7 Å². The highest BCUT2D eigenvalue weighted by atomic mass is 35.5. The van der Waals surface area contributed by atoms with Gasteiger partial charge in [0.15, 0.2) is 0 Å². The molecule has 22 heavy (non-hydrogen) atoms. The molecule has 0 amide bonds. The van der Waals surface area contributed by atoms with Gasteiger partial charge in [-0.1, -0.05) is 12.1 Å². The van der Waals surface area contributed by atoms with Gasteiger partial charge in [0, 0.05) is 31.1 Å². The van der Waals surface area contributed by atoms with E-state index in [-0.39, 0.29) is 24.3 Å². The number of thiophene rings is 1. The van der Waals surface area contributed by atoms with Crippen molar-refractivity contribution < 1.29 is 9.13 Å². The number of hydrogen-bond donors (Lipinski definition) is 1. The molecule has 0 spiro atoms. The Bertz CT molecular complexity index is 588. The predicted octanol–water partition coefficient (Wildman–Crippen LogP) is 3.31.